The Bertz CT molecular complexity index is 648. The van der Waals surface area contributed by atoms with Crippen LogP contribution in [0.25, 0.3) is 0 Å². The van der Waals surface area contributed by atoms with Gasteiger partial charge in [-0.2, -0.15) is 0 Å². The van der Waals surface area contributed by atoms with Crippen LogP contribution in [0.3, 0.4) is 0 Å². The molecule has 0 radical (unpaired) electrons. The molecule has 180 valence electrons. The first-order chi connectivity index (χ1) is 15.6. The minimum atomic E-state index is -0.00564. The highest BCUT2D eigenvalue weighted by molar-refractivity contribution is 5.75. The third-order valence-electron chi connectivity index (χ3n) is 8.55. The van der Waals surface area contributed by atoms with Crippen molar-refractivity contribution in [3.8, 4) is 5.75 Å². The van der Waals surface area contributed by atoms with Crippen LogP contribution in [0.15, 0.2) is 24.3 Å². The molecule has 0 N–H and O–H groups in total. The van der Waals surface area contributed by atoms with Crippen molar-refractivity contribution < 1.29 is 9.53 Å². The number of ether oxygens (including phenoxy) is 1. The molecule has 2 saturated carbocycles. The van der Waals surface area contributed by atoms with Crippen LogP contribution in [0, 0.1) is 29.6 Å². The molecule has 3 rings (SSSR count). The maximum absolute atomic E-state index is 12.7. The number of carbonyl (C=O) groups excluding carboxylic acids is 1. The molecule has 1 aromatic rings. The van der Waals surface area contributed by atoms with Gasteiger partial charge in [0.2, 0.25) is 0 Å². The van der Waals surface area contributed by atoms with Crippen molar-refractivity contribution in [3.63, 3.8) is 0 Å². The van der Waals surface area contributed by atoms with Gasteiger partial charge < -0.3 is 4.74 Å². The molecule has 2 fully saturated rings. The zero-order valence-corrected chi connectivity index (χ0v) is 21.1. The molecule has 0 bridgehead atoms. The number of unbranched alkanes of at least 4 members (excludes halogenated alkanes) is 3. The van der Waals surface area contributed by atoms with Crippen LogP contribution >= 0.6 is 0 Å². The van der Waals surface area contributed by atoms with E-state index in [1.165, 1.54) is 82.6 Å². The Morgan fingerprint density at radius 3 is 2.09 bits per heavy atom. The van der Waals surface area contributed by atoms with Crippen LogP contribution in [0.4, 0.5) is 0 Å². The van der Waals surface area contributed by atoms with Crippen LogP contribution in [-0.4, -0.2) is 5.97 Å². The summed E-state index contributed by atoms with van der Waals surface area (Å²) >= 11 is 0. The Morgan fingerprint density at radius 1 is 0.875 bits per heavy atom. The normalized spacial score (nSPS) is 27.1. The highest BCUT2D eigenvalue weighted by atomic mass is 16.5. The Morgan fingerprint density at radius 2 is 1.50 bits per heavy atom. The largest absolute Gasteiger partial charge is 0.426 e. The fraction of sp³-hybridized carbons (Fsp3) is 0.767. The monoisotopic (exact) mass is 440 g/mol. The van der Waals surface area contributed by atoms with Crippen molar-refractivity contribution in [2.45, 2.75) is 117 Å². The third kappa shape index (κ3) is 7.92. The molecule has 0 spiro atoms. The molecule has 0 saturated heterocycles. The van der Waals surface area contributed by atoms with Crippen LogP contribution in [0.5, 0.6) is 5.75 Å². The lowest BCUT2D eigenvalue weighted by molar-refractivity contribution is -0.140. The third-order valence-corrected chi connectivity index (χ3v) is 8.55. The molecule has 2 aliphatic rings. The Balaban J connectivity index is 1.35. The topological polar surface area (TPSA) is 26.3 Å². The molecular formula is C30H48O2. The molecule has 0 aliphatic heterocycles. The van der Waals surface area contributed by atoms with E-state index in [1.54, 1.807) is 0 Å². The van der Waals surface area contributed by atoms with E-state index >= 15 is 0 Å². The summed E-state index contributed by atoms with van der Waals surface area (Å²) in [5.41, 5.74) is 1.33. The summed E-state index contributed by atoms with van der Waals surface area (Å²) in [6.07, 6.45) is 19.6. The van der Waals surface area contributed by atoms with E-state index in [4.69, 9.17) is 4.74 Å². The lowest BCUT2D eigenvalue weighted by Gasteiger charge is -2.37. The van der Waals surface area contributed by atoms with Gasteiger partial charge in [-0.15, -0.1) is 0 Å². The first kappa shape index (κ1) is 25.3. The lowest BCUT2D eigenvalue weighted by atomic mass is 9.68. The van der Waals surface area contributed by atoms with Gasteiger partial charge in [0.25, 0.3) is 0 Å². The number of carbonyl (C=O) groups is 1. The van der Waals surface area contributed by atoms with Gasteiger partial charge in [0, 0.05) is 0 Å². The number of esters is 1. The number of benzene rings is 1. The maximum atomic E-state index is 12.7. The summed E-state index contributed by atoms with van der Waals surface area (Å²) < 4.78 is 5.75. The van der Waals surface area contributed by atoms with Gasteiger partial charge in [-0.1, -0.05) is 84.3 Å². The minimum Gasteiger partial charge on any atom is -0.426 e. The second kappa shape index (κ2) is 13.4. The van der Waals surface area contributed by atoms with Crippen LogP contribution < -0.4 is 4.74 Å². The zero-order valence-electron chi connectivity index (χ0n) is 21.1. The molecule has 1 unspecified atom stereocenters. The van der Waals surface area contributed by atoms with Crippen molar-refractivity contribution in [2.24, 2.45) is 29.6 Å². The van der Waals surface area contributed by atoms with Crippen molar-refractivity contribution in [1.29, 1.82) is 0 Å². The second-order valence-corrected chi connectivity index (χ2v) is 11.0. The van der Waals surface area contributed by atoms with Gasteiger partial charge in [0.05, 0.1) is 5.92 Å². The lowest BCUT2D eigenvalue weighted by Crippen LogP contribution is -2.30. The molecule has 1 atom stereocenters. The predicted octanol–water partition coefficient (Wildman–Crippen LogP) is 8.76. The van der Waals surface area contributed by atoms with Crippen molar-refractivity contribution in [1.82, 2.24) is 0 Å². The van der Waals surface area contributed by atoms with E-state index in [0.717, 1.165) is 37.0 Å². The average Bonchev–Trinajstić information content (AvgIpc) is 2.83. The smallest absolute Gasteiger partial charge is 0.314 e. The first-order valence-corrected chi connectivity index (χ1v) is 13.9. The van der Waals surface area contributed by atoms with Crippen molar-refractivity contribution in [2.75, 3.05) is 0 Å². The fourth-order valence-corrected chi connectivity index (χ4v) is 6.07. The molecule has 2 heteroatoms. The summed E-state index contributed by atoms with van der Waals surface area (Å²) in [6, 6.07) is 8.18. The van der Waals surface area contributed by atoms with E-state index in [0.29, 0.717) is 11.7 Å². The molecule has 2 aliphatic carbocycles. The molecule has 1 aromatic carbocycles. The minimum absolute atomic E-state index is 0.00564. The molecule has 2 nitrogen and oxygen atoms in total. The van der Waals surface area contributed by atoms with Gasteiger partial charge >= 0.3 is 5.97 Å². The predicted molar refractivity (Wildman–Crippen MR) is 135 cm³/mol. The quantitative estimate of drug-likeness (QED) is 0.195. The van der Waals surface area contributed by atoms with E-state index in [1.807, 2.05) is 12.1 Å². The van der Waals surface area contributed by atoms with Crippen LogP contribution in [0.2, 0.25) is 0 Å². The van der Waals surface area contributed by atoms with E-state index < -0.39 is 0 Å². The van der Waals surface area contributed by atoms with E-state index in [9.17, 15) is 4.79 Å². The van der Waals surface area contributed by atoms with E-state index in [2.05, 4.69) is 32.9 Å². The Hall–Kier alpha value is -1.31. The van der Waals surface area contributed by atoms with Crippen LogP contribution in [-0.2, 0) is 11.2 Å². The van der Waals surface area contributed by atoms with Gasteiger partial charge in [0.15, 0.2) is 0 Å². The molecular weight excluding hydrogens is 392 g/mol. The number of hydrogen-bond acceptors (Lipinski definition) is 2. The summed E-state index contributed by atoms with van der Waals surface area (Å²) in [6.45, 7) is 6.81. The number of rotatable bonds is 11. The van der Waals surface area contributed by atoms with Crippen LogP contribution in [0.1, 0.15) is 116 Å². The standard InChI is InChI=1S/C30H48O2/c1-4-6-7-8-9-24-10-14-26(15-11-24)27-16-18-28(19-17-27)30(31)32-29-20-12-25(13-21-29)22-23(3)5-2/h12-13,20-21,23-24,26-28H,4-11,14-19,22H2,1-3H3. The molecule has 0 heterocycles. The van der Waals surface area contributed by atoms with Gasteiger partial charge in [-0.05, 0) is 86.3 Å². The average molecular weight is 441 g/mol. The second-order valence-electron chi connectivity index (χ2n) is 11.0. The van der Waals surface area contributed by atoms with Gasteiger partial charge in [-0.3, -0.25) is 4.79 Å². The SMILES string of the molecule is CCCCCCC1CCC(C2CCC(C(=O)Oc3ccc(CC(C)CC)cc3)CC2)CC1. The van der Waals surface area contributed by atoms with Crippen molar-refractivity contribution in [3.05, 3.63) is 29.8 Å². The van der Waals surface area contributed by atoms with Crippen molar-refractivity contribution >= 4 is 5.97 Å². The summed E-state index contributed by atoms with van der Waals surface area (Å²) in [4.78, 5) is 12.7. The summed E-state index contributed by atoms with van der Waals surface area (Å²) in [7, 11) is 0. The summed E-state index contributed by atoms with van der Waals surface area (Å²) in [5, 5.41) is 0. The van der Waals surface area contributed by atoms with Gasteiger partial charge in [0.1, 0.15) is 5.75 Å². The molecule has 0 amide bonds. The maximum Gasteiger partial charge on any atom is 0.314 e. The van der Waals surface area contributed by atoms with E-state index in [-0.39, 0.29) is 11.9 Å². The Labute approximate surface area is 197 Å². The van der Waals surface area contributed by atoms with Gasteiger partial charge in [-0.25, -0.2) is 0 Å². The first-order valence-electron chi connectivity index (χ1n) is 13.9. The highest BCUT2D eigenvalue weighted by Gasteiger charge is 2.33. The number of hydrogen-bond donors (Lipinski definition) is 0. The Kier molecular flexibility index (Phi) is 10.6. The molecule has 32 heavy (non-hydrogen) atoms. The zero-order chi connectivity index (χ0) is 22.8. The highest BCUT2D eigenvalue weighted by Crippen LogP contribution is 2.42. The summed E-state index contributed by atoms with van der Waals surface area (Å²) in [5.74, 6) is 4.25. The molecule has 0 aromatic heterocycles. The fourth-order valence-electron chi connectivity index (χ4n) is 6.07.